The molecule has 1 amide bonds. The number of sulfonamides is 1. The Hall–Kier alpha value is -2.63. The third kappa shape index (κ3) is 3.52. The molecule has 7 nitrogen and oxygen atoms in total. The van der Waals surface area contributed by atoms with Crippen LogP contribution >= 0.6 is 0 Å². The molecule has 114 valence electrons. The Morgan fingerprint density at radius 2 is 1.91 bits per heavy atom. The molecule has 0 unspecified atom stereocenters. The average Bonchev–Trinajstić information content (AvgIpc) is 3.04. The number of carbonyl (C=O) groups excluding carboxylic acids is 1. The quantitative estimate of drug-likeness (QED) is 0.853. The first-order valence-corrected chi connectivity index (χ1v) is 7.75. The fraction of sp³-hybridized carbons (Fsp3) is 0.143. The summed E-state index contributed by atoms with van der Waals surface area (Å²) in [6, 6.07) is 11.2. The lowest BCUT2D eigenvalue weighted by atomic mass is 10.1. The Bertz CT molecular complexity index is 817. The highest BCUT2D eigenvalue weighted by molar-refractivity contribution is 7.89. The number of hydrogen-bond acceptors (Lipinski definition) is 5. The zero-order chi connectivity index (χ0) is 16.2. The molecule has 0 spiro atoms. The fourth-order valence-corrected chi connectivity index (χ4v) is 2.30. The SMILES string of the molecule is CNS(=O)(=O)c1ccc(C(=O)NCc2ccc(C#N)cc2)o1. The van der Waals surface area contributed by atoms with Crippen molar-refractivity contribution in [3.8, 4) is 6.07 Å². The molecule has 0 saturated carbocycles. The van der Waals surface area contributed by atoms with Crippen molar-refractivity contribution in [2.45, 2.75) is 11.6 Å². The molecule has 0 radical (unpaired) electrons. The lowest BCUT2D eigenvalue weighted by Gasteiger charge is -2.03. The predicted molar refractivity (Wildman–Crippen MR) is 77.3 cm³/mol. The van der Waals surface area contributed by atoms with Crippen molar-refractivity contribution in [3.05, 3.63) is 53.3 Å². The van der Waals surface area contributed by atoms with Crippen LogP contribution in [0, 0.1) is 11.3 Å². The standard InChI is InChI=1S/C14H13N3O4S/c1-16-22(19,20)13-7-6-12(21-13)14(18)17-9-11-4-2-10(8-15)3-5-11/h2-7,16H,9H2,1H3,(H,17,18). The van der Waals surface area contributed by atoms with Gasteiger partial charge in [0.1, 0.15) is 0 Å². The van der Waals surface area contributed by atoms with Crippen LogP contribution in [0.5, 0.6) is 0 Å². The van der Waals surface area contributed by atoms with Crippen molar-refractivity contribution < 1.29 is 17.6 Å². The Kier molecular flexibility index (Phi) is 4.60. The first kappa shape index (κ1) is 15.8. The molecular formula is C14H13N3O4S. The summed E-state index contributed by atoms with van der Waals surface area (Å²) in [5.74, 6) is -0.621. The van der Waals surface area contributed by atoms with Crippen LogP contribution in [-0.4, -0.2) is 21.4 Å². The number of carbonyl (C=O) groups is 1. The van der Waals surface area contributed by atoms with Gasteiger partial charge in [0, 0.05) is 6.54 Å². The lowest BCUT2D eigenvalue weighted by Crippen LogP contribution is -2.22. The van der Waals surface area contributed by atoms with Crippen molar-refractivity contribution in [1.29, 1.82) is 5.26 Å². The summed E-state index contributed by atoms with van der Waals surface area (Å²) in [7, 11) is -2.46. The van der Waals surface area contributed by atoms with E-state index in [0.717, 1.165) is 5.56 Å². The molecule has 1 aromatic carbocycles. The predicted octanol–water partition coefficient (Wildman–Crippen LogP) is 0.989. The molecule has 1 aromatic heterocycles. The van der Waals surface area contributed by atoms with Gasteiger partial charge in [0.05, 0.1) is 11.6 Å². The van der Waals surface area contributed by atoms with Crippen LogP contribution in [0.4, 0.5) is 0 Å². The van der Waals surface area contributed by atoms with E-state index in [1.54, 1.807) is 24.3 Å². The first-order valence-electron chi connectivity index (χ1n) is 6.27. The van der Waals surface area contributed by atoms with Crippen molar-refractivity contribution in [1.82, 2.24) is 10.0 Å². The molecule has 1 heterocycles. The molecule has 0 saturated heterocycles. The molecule has 2 aromatic rings. The van der Waals surface area contributed by atoms with E-state index in [4.69, 9.17) is 9.68 Å². The Labute approximate surface area is 127 Å². The molecule has 2 rings (SSSR count). The number of nitrogens with one attached hydrogen (secondary N) is 2. The Morgan fingerprint density at radius 1 is 1.23 bits per heavy atom. The van der Waals surface area contributed by atoms with Gasteiger partial charge in [0.15, 0.2) is 5.76 Å². The maximum absolute atomic E-state index is 11.9. The van der Waals surface area contributed by atoms with Gasteiger partial charge in [-0.05, 0) is 36.9 Å². The van der Waals surface area contributed by atoms with Gasteiger partial charge in [-0.15, -0.1) is 0 Å². The molecule has 0 aliphatic rings. The van der Waals surface area contributed by atoms with Crippen molar-refractivity contribution in [3.63, 3.8) is 0 Å². The molecule has 8 heteroatoms. The second-order valence-corrected chi connectivity index (χ2v) is 6.14. The van der Waals surface area contributed by atoms with E-state index in [1.807, 2.05) is 6.07 Å². The summed E-state index contributed by atoms with van der Waals surface area (Å²) in [5.41, 5.74) is 1.34. The third-order valence-electron chi connectivity index (χ3n) is 2.87. The second-order valence-electron chi connectivity index (χ2n) is 4.32. The number of furan rings is 1. The van der Waals surface area contributed by atoms with Gasteiger partial charge in [0.25, 0.3) is 15.9 Å². The largest absolute Gasteiger partial charge is 0.438 e. The number of rotatable bonds is 5. The van der Waals surface area contributed by atoms with Crippen molar-refractivity contribution in [2.24, 2.45) is 0 Å². The number of benzene rings is 1. The van der Waals surface area contributed by atoms with E-state index < -0.39 is 15.9 Å². The Balaban J connectivity index is 2.02. The van der Waals surface area contributed by atoms with E-state index in [9.17, 15) is 13.2 Å². The van der Waals surface area contributed by atoms with Gasteiger partial charge in [-0.2, -0.15) is 5.26 Å². The molecule has 0 aliphatic heterocycles. The number of nitriles is 1. The van der Waals surface area contributed by atoms with Gasteiger partial charge in [-0.1, -0.05) is 12.1 Å². The molecule has 0 aliphatic carbocycles. The minimum absolute atomic E-state index is 0.0949. The van der Waals surface area contributed by atoms with E-state index in [0.29, 0.717) is 5.56 Å². The highest BCUT2D eigenvalue weighted by atomic mass is 32.2. The lowest BCUT2D eigenvalue weighted by molar-refractivity contribution is 0.0918. The molecule has 0 atom stereocenters. The van der Waals surface area contributed by atoms with Gasteiger partial charge in [-0.3, -0.25) is 4.79 Å². The molecule has 22 heavy (non-hydrogen) atoms. The maximum atomic E-state index is 11.9. The summed E-state index contributed by atoms with van der Waals surface area (Å²) in [5, 5.41) is 11.0. The van der Waals surface area contributed by atoms with Crippen LogP contribution in [0.2, 0.25) is 0 Å². The average molecular weight is 319 g/mol. The summed E-state index contributed by atoms with van der Waals surface area (Å²) in [6.45, 7) is 0.235. The topological polar surface area (TPSA) is 112 Å². The highest BCUT2D eigenvalue weighted by Gasteiger charge is 2.19. The van der Waals surface area contributed by atoms with Crippen LogP contribution in [-0.2, 0) is 16.6 Å². The number of hydrogen-bond donors (Lipinski definition) is 2. The smallest absolute Gasteiger partial charge is 0.287 e. The van der Waals surface area contributed by atoms with Crippen LogP contribution in [0.3, 0.4) is 0 Å². The monoisotopic (exact) mass is 319 g/mol. The number of nitrogens with zero attached hydrogens (tertiary/aromatic N) is 1. The van der Waals surface area contributed by atoms with Crippen molar-refractivity contribution in [2.75, 3.05) is 7.05 Å². The minimum atomic E-state index is -3.71. The second kappa shape index (κ2) is 6.43. The van der Waals surface area contributed by atoms with E-state index in [1.165, 1.54) is 19.2 Å². The van der Waals surface area contributed by atoms with Gasteiger partial charge in [0.2, 0.25) is 5.09 Å². The normalized spacial score (nSPS) is 10.9. The Morgan fingerprint density at radius 3 is 2.50 bits per heavy atom. The highest BCUT2D eigenvalue weighted by Crippen LogP contribution is 2.13. The van der Waals surface area contributed by atoms with Crippen molar-refractivity contribution >= 4 is 15.9 Å². The van der Waals surface area contributed by atoms with E-state index in [-0.39, 0.29) is 17.4 Å². The zero-order valence-electron chi connectivity index (χ0n) is 11.7. The molecule has 0 bridgehead atoms. The first-order chi connectivity index (χ1) is 10.5. The third-order valence-corrected chi connectivity index (χ3v) is 4.16. The summed E-state index contributed by atoms with van der Waals surface area (Å²) in [4.78, 5) is 11.9. The van der Waals surface area contributed by atoms with Gasteiger partial charge in [-0.25, -0.2) is 13.1 Å². The van der Waals surface area contributed by atoms with Gasteiger partial charge < -0.3 is 9.73 Å². The van der Waals surface area contributed by atoms with E-state index >= 15 is 0 Å². The van der Waals surface area contributed by atoms with Crippen LogP contribution in [0.25, 0.3) is 0 Å². The van der Waals surface area contributed by atoms with Crippen LogP contribution in [0.15, 0.2) is 45.9 Å². The number of amides is 1. The molecular weight excluding hydrogens is 306 g/mol. The maximum Gasteiger partial charge on any atom is 0.287 e. The fourth-order valence-electron chi connectivity index (χ4n) is 1.65. The van der Waals surface area contributed by atoms with Gasteiger partial charge >= 0.3 is 0 Å². The van der Waals surface area contributed by atoms with Crippen LogP contribution < -0.4 is 10.0 Å². The minimum Gasteiger partial charge on any atom is -0.438 e. The summed E-state index contributed by atoms with van der Waals surface area (Å²) in [6.07, 6.45) is 0. The summed E-state index contributed by atoms with van der Waals surface area (Å²) >= 11 is 0. The van der Waals surface area contributed by atoms with E-state index in [2.05, 4.69) is 10.0 Å². The molecule has 2 N–H and O–H groups in total. The summed E-state index contributed by atoms with van der Waals surface area (Å²) < 4.78 is 30.1. The zero-order valence-corrected chi connectivity index (χ0v) is 12.5. The molecule has 0 fully saturated rings. The van der Waals surface area contributed by atoms with Crippen LogP contribution in [0.1, 0.15) is 21.7 Å².